The van der Waals surface area contributed by atoms with Gasteiger partial charge in [0.05, 0.1) is 22.6 Å². The molecule has 1 aromatic carbocycles. The number of anilines is 2. The number of rotatable bonds is 4. The van der Waals surface area contributed by atoms with E-state index in [2.05, 4.69) is 15.4 Å². The van der Waals surface area contributed by atoms with Crippen LogP contribution in [-0.4, -0.2) is 33.8 Å². The normalized spacial score (nSPS) is 15.2. The van der Waals surface area contributed by atoms with Crippen LogP contribution in [-0.2, 0) is 11.0 Å². The summed E-state index contributed by atoms with van der Waals surface area (Å²) in [6, 6.07) is 11.5. The van der Waals surface area contributed by atoms with Crippen LogP contribution >= 0.6 is 11.6 Å². The summed E-state index contributed by atoms with van der Waals surface area (Å²) >= 11 is 5.86. The third kappa shape index (κ3) is 4.66. The van der Waals surface area contributed by atoms with Crippen molar-refractivity contribution in [2.45, 2.75) is 19.0 Å². The number of hydrogen-bond acceptors (Lipinski definition) is 4. The molecule has 0 atom stereocenters. The number of aromatic nitrogens is 3. The molecule has 4 rings (SSSR count). The molecule has 162 valence electrons. The Labute approximate surface area is 181 Å². The van der Waals surface area contributed by atoms with Gasteiger partial charge in [-0.25, -0.2) is 9.67 Å². The summed E-state index contributed by atoms with van der Waals surface area (Å²) in [5, 5.41) is 6.85. The van der Waals surface area contributed by atoms with Crippen LogP contribution in [0.3, 0.4) is 0 Å². The largest absolute Gasteiger partial charge is 0.435 e. The third-order valence-electron chi connectivity index (χ3n) is 5.20. The fourth-order valence-corrected chi connectivity index (χ4v) is 3.75. The van der Waals surface area contributed by atoms with Gasteiger partial charge in [0.1, 0.15) is 5.82 Å². The zero-order valence-electron chi connectivity index (χ0n) is 16.3. The summed E-state index contributed by atoms with van der Waals surface area (Å²) in [5.41, 5.74) is -1.09. The van der Waals surface area contributed by atoms with Gasteiger partial charge in [0, 0.05) is 25.2 Å². The molecule has 1 fully saturated rings. The van der Waals surface area contributed by atoms with E-state index < -0.39 is 23.7 Å². The van der Waals surface area contributed by atoms with Crippen LogP contribution in [0.25, 0.3) is 5.69 Å². The first-order valence-electron chi connectivity index (χ1n) is 9.71. The highest BCUT2D eigenvalue weighted by molar-refractivity contribution is 6.30. The molecule has 1 amide bonds. The lowest BCUT2D eigenvalue weighted by atomic mass is 9.96. The minimum absolute atomic E-state index is 0.263. The second-order valence-electron chi connectivity index (χ2n) is 7.24. The van der Waals surface area contributed by atoms with Crippen molar-refractivity contribution < 1.29 is 18.0 Å². The first-order chi connectivity index (χ1) is 14.8. The Hall–Kier alpha value is -3.07. The Morgan fingerprint density at radius 1 is 1.06 bits per heavy atom. The monoisotopic (exact) mass is 449 g/mol. The van der Waals surface area contributed by atoms with Gasteiger partial charge in [0.15, 0.2) is 5.69 Å². The van der Waals surface area contributed by atoms with E-state index in [-0.39, 0.29) is 11.4 Å². The van der Waals surface area contributed by atoms with Crippen LogP contribution in [0.15, 0.2) is 54.9 Å². The Kier molecular flexibility index (Phi) is 5.86. The summed E-state index contributed by atoms with van der Waals surface area (Å²) < 4.78 is 42.1. The minimum Gasteiger partial charge on any atom is -0.357 e. The lowest BCUT2D eigenvalue weighted by molar-refractivity contribution is -0.142. The number of para-hydroxylation sites is 1. The molecule has 0 radical (unpaired) electrons. The second kappa shape index (κ2) is 8.58. The van der Waals surface area contributed by atoms with Gasteiger partial charge in [-0.1, -0.05) is 29.8 Å². The van der Waals surface area contributed by atoms with Crippen molar-refractivity contribution in [3.63, 3.8) is 0 Å². The summed E-state index contributed by atoms with van der Waals surface area (Å²) in [5.74, 6) is -0.0849. The van der Waals surface area contributed by atoms with Crippen molar-refractivity contribution in [2.24, 2.45) is 5.92 Å². The number of nitrogens with one attached hydrogen (secondary N) is 1. The van der Waals surface area contributed by atoms with E-state index in [0.29, 0.717) is 31.0 Å². The smallest absolute Gasteiger partial charge is 0.357 e. The van der Waals surface area contributed by atoms with Gasteiger partial charge < -0.3 is 10.2 Å². The zero-order valence-corrected chi connectivity index (χ0v) is 17.1. The average molecular weight is 450 g/mol. The second-order valence-corrected chi connectivity index (χ2v) is 7.67. The van der Waals surface area contributed by atoms with Crippen LogP contribution in [0.1, 0.15) is 18.5 Å². The predicted molar refractivity (Wildman–Crippen MR) is 111 cm³/mol. The molecule has 31 heavy (non-hydrogen) atoms. The molecule has 6 nitrogen and oxygen atoms in total. The van der Waals surface area contributed by atoms with Gasteiger partial charge in [0.2, 0.25) is 5.91 Å². The number of piperidine rings is 1. The molecule has 1 N–H and O–H groups in total. The molecule has 0 saturated carbocycles. The number of amides is 1. The average Bonchev–Trinajstić information content (AvgIpc) is 3.19. The molecule has 0 bridgehead atoms. The Bertz CT molecular complexity index is 1050. The SMILES string of the molecule is O=C(Nc1cnn(-c2ccccc2)c1C(F)(F)F)C1CCN(c2ccc(Cl)cn2)CC1. The number of benzene rings is 1. The van der Waals surface area contributed by atoms with E-state index in [1.165, 1.54) is 12.1 Å². The molecule has 2 aromatic heterocycles. The molecule has 10 heteroatoms. The van der Waals surface area contributed by atoms with E-state index in [0.717, 1.165) is 16.7 Å². The molecule has 1 aliphatic heterocycles. The summed E-state index contributed by atoms with van der Waals surface area (Å²) in [6.07, 6.45) is -1.08. The zero-order chi connectivity index (χ0) is 22.0. The summed E-state index contributed by atoms with van der Waals surface area (Å²) in [4.78, 5) is 19.0. The van der Waals surface area contributed by atoms with Gasteiger partial charge in [0.25, 0.3) is 0 Å². The molecule has 0 spiro atoms. The topological polar surface area (TPSA) is 63.1 Å². The molecule has 0 unspecified atom stereocenters. The maximum Gasteiger partial charge on any atom is 0.435 e. The fourth-order valence-electron chi connectivity index (χ4n) is 3.64. The van der Waals surface area contributed by atoms with Crippen LogP contribution in [0.5, 0.6) is 0 Å². The third-order valence-corrected chi connectivity index (χ3v) is 5.42. The van der Waals surface area contributed by atoms with Crippen molar-refractivity contribution in [1.82, 2.24) is 14.8 Å². The number of nitrogens with zero attached hydrogens (tertiary/aromatic N) is 4. The van der Waals surface area contributed by atoms with E-state index in [1.54, 1.807) is 36.5 Å². The molecular weight excluding hydrogens is 431 g/mol. The van der Waals surface area contributed by atoms with Gasteiger partial charge >= 0.3 is 6.18 Å². The first-order valence-corrected chi connectivity index (χ1v) is 10.1. The maximum absolute atomic E-state index is 13.8. The first kappa shape index (κ1) is 21.2. The number of pyridine rings is 1. The van der Waals surface area contributed by atoms with E-state index in [9.17, 15) is 18.0 Å². The Balaban J connectivity index is 1.47. The van der Waals surface area contributed by atoms with Gasteiger partial charge in [-0.15, -0.1) is 0 Å². The van der Waals surface area contributed by atoms with Crippen LogP contribution in [0, 0.1) is 5.92 Å². The molecule has 3 aromatic rings. The van der Waals surface area contributed by atoms with Crippen molar-refractivity contribution in [3.8, 4) is 5.69 Å². The van der Waals surface area contributed by atoms with Crippen LogP contribution in [0.2, 0.25) is 5.02 Å². The fraction of sp³-hybridized carbons (Fsp3) is 0.286. The molecule has 0 aliphatic carbocycles. The Morgan fingerprint density at radius 3 is 2.39 bits per heavy atom. The molecular formula is C21H19ClF3N5O. The molecule has 1 saturated heterocycles. The van der Waals surface area contributed by atoms with Crippen molar-refractivity contribution in [3.05, 3.63) is 65.6 Å². The van der Waals surface area contributed by atoms with Crippen molar-refractivity contribution in [1.29, 1.82) is 0 Å². The lowest BCUT2D eigenvalue weighted by Gasteiger charge is -2.32. The van der Waals surface area contributed by atoms with Gasteiger partial charge in [-0.05, 0) is 37.1 Å². The van der Waals surface area contributed by atoms with E-state index >= 15 is 0 Å². The molecule has 3 heterocycles. The Morgan fingerprint density at radius 2 is 1.77 bits per heavy atom. The molecule has 1 aliphatic rings. The highest BCUT2D eigenvalue weighted by Gasteiger charge is 2.40. The van der Waals surface area contributed by atoms with Crippen molar-refractivity contribution >= 4 is 29.0 Å². The van der Waals surface area contributed by atoms with E-state index in [1.807, 2.05) is 4.90 Å². The maximum atomic E-state index is 13.8. The standard InChI is InChI=1S/C21H19ClF3N5O/c22-15-6-7-18(26-12-15)29-10-8-14(9-11-29)20(31)28-17-13-27-30(19(17)21(23,24)25)16-4-2-1-3-5-16/h1-7,12-14H,8-11H2,(H,28,31). The van der Waals surface area contributed by atoms with Gasteiger partial charge in [-0.2, -0.15) is 18.3 Å². The number of halogens is 4. The highest BCUT2D eigenvalue weighted by atomic mass is 35.5. The number of hydrogen-bond donors (Lipinski definition) is 1. The van der Waals surface area contributed by atoms with Crippen LogP contribution in [0.4, 0.5) is 24.7 Å². The summed E-state index contributed by atoms with van der Waals surface area (Å²) in [7, 11) is 0. The number of alkyl halides is 3. The predicted octanol–water partition coefficient (Wildman–Crippen LogP) is 4.79. The quantitative estimate of drug-likeness (QED) is 0.621. The van der Waals surface area contributed by atoms with Gasteiger partial charge in [-0.3, -0.25) is 4.79 Å². The van der Waals surface area contributed by atoms with Crippen molar-refractivity contribution in [2.75, 3.05) is 23.3 Å². The van der Waals surface area contributed by atoms with E-state index in [4.69, 9.17) is 11.6 Å². The van der Waals surface area contributed by atoms with Crippen LogP contribution < -0.4 is 10.2 Å². The number of carbonyl (C=O) groups is 1. The minimum atomic E-state index is -4.68. The highest BCUT2D eigenvalue weighted by Crippen LogP contribution is 2.36. The lowest BCUT2D eigenvalue weighted by Crippen LogP contribution is -2.38. The number of carbonyl (C=O) groups excluding carboxylic acids is 1. The summed E-state index contributed by atoms with van der Waals surface area (Å²) in [6.45, 7) is 1.14.